The van der Waals surface area contributed by atoms with E-state index in [0.29, 0.717) is 39.7 Å². The summed E-state index contributed by atoms with van der Waals surface area (Å²) in [5.74, 6) is 0.733. The summed E-state index contributed by atoms with van der Waals surface area (Å²) in [5, 5.41) is 0.859. The lowest BCUT2D eigenvalue weighted by molar-refractivity contribution is -0.149. The van der Waals surface area contributed by atoms with Gasteiger partial charge in [-0.2, -0.15) is 0 Å². The van der Waals surface area contributed by atoms with Crippen LogP contribution in [0.25, 0.3) is 21.8 Å². The Morgan fingerprint density at radius 3 is 2.56 bits per heavy atom. The zero-order chi connectivity index (χ0) is 24.2. The monoisotopic (exact) mass is 464 g/mol. The fourth-order valence-corrected chi connectivity index (χ4v) is 3.65. The van der Waals surface area contributed by atoms with Crippen LogP contribution in [0.15, 0.2) is 52.3 Å². The van der Waals surface area contributed by atoms with E-state index in [1.165, 1.54) is 25.1 Å². The van der Waals surface area contributed by atoms with Crippen LogP contribution in [0.4, 0.5) is 0 Å². The number of esters is 1. The van der Waals surface area contributed by atoms with Crippen molar-refractivity contribution in [2.45, 2.75) is 32.4 Å². The summed E-state index contributed by atoms with van der Waals surface area (Å²) in [6, 6.07) is 10.2. The number of benzene rings is 2. The number of hydrogen-bond donors (Lipinski definition) is 1. The number of nitrogens with zero attached hydrogens (tertiary/aromatic N) is 3. The van der Waals surface area contributed by atoms with Crippen LogP contribution in [0, 0.1) is 0 Å². The first-order valence-corrected chi connectivity index (χ1v) is 10.7. The average molecular weight is 464 g/mol. The Labute approximate surface area is 194 Å². The van der Waals surface area contributed by atoms with E-state index >= 15 is 0 Å². The van der Waals surface area contributed by atoms with Gasteiger partial charge in [0.2, 0.25) is 0 Å². The second kappa shape index (κ2) is 9.74. The number of para-hydroxylation sites is 1. The molecule has 1 N–H and O–H groups in total. The van der Waals surface area contributed by atoms with E-state index in [9.17, 15) is 14.4 Å². The molecule has 34 heavy (non-hydrogen) atoms. The minimum Gasteiger partial charge on any atom is -0.493 e. The maximum atomic E-state index is 12.8. The Kier molecular flexibility index (Phi) is 6.58. The molecular formula is C24H24N4O6. The van der Waals surface area contributed by atoms with Crippen molar-refractivity contribution in [1.29, 1.82) is 0 Å². The molecule has 2 heterocycles. The lowest BCUT2D eigenvalue weighted by Gasteiger charge is -2.13. The molecule has 0 aliphatic rings. The Balaban J connectivity index is 1.40. The predicted octanol–water partition coefficient (Wildman–Crippen LogP) is 2.73. The normalized spacial score (nSPS) is 12.0. The van der Waals surface area contributed by atoms with Gasteiger partial charge >= 0.3 is 5.97 Å². The van der Waals surface area contributed by atoms with Crippen LogP contribution in [0.3, 0.4) is 0 Å². The van der Waals surface area contributed by atoms with Crippen LogP contribution in [0.5, 0.6) is 11.5 Å². The molecule has 0 aliphatic heterocycles. The highest BCUT2D eigenvalue weighted by atomic mass is 16.5. The SMILES string of the molecule is COc1cc2ncn(CCCC(=O)OC(C)c3nc4ccccc4c(=O)[nH]3)c(=O)c2cc1OC. The third-order valence-corrected chi connectivity index (χ3v) is 5.43. The van der Waals surface area contributed by atoms with Crippen molar-refractivity contribution in [3.05, 3.63) is 69.3 Å². The Morgan fingerprint density at radius 2 is 1.79 bits per heavy atom. The lowest BCUT2D eigenvalue weighted by Crippen LogP contribution is -2.21. The molecule has 0 radical (unpaired) electrons. The lowest BCUT2D eigenvalue weighted by atomic mass is 10.2. The average Bonchev–Trinajstić information content (AvgIpc) is 2.84. The molecule has 4 aromatic rings. The van der Waals surface area contributed by atoms with E-state index in [1.54, 1.807) is 43.3 Å². The zero-order valence-electron chi connectivity index (χ0n) is 19.0. The van der Waals surface area contributed by atoms with E-state index in [4.69, 9.17) is 14.2 Å². The highest BCUT2D eigenvalue weighted by Crippen LogP contribution is 2.29. The molecular weight excluding hydrogens is 440 g/mol. The van der Waals surface area contributed by atoms with Crippen LogP contribution >= 0.6 is 0 Å². The number of aryl methyl sites for hydroxylation is 1. The molecule has 1 atom stereocenters. The number of aromatic amines is 1. The van der Waals surface area contributed by atoms with Crippen molar-refractivity contribution in [1.82, 2.24) is 19.5 Å². The van der Waals surface area contributed by atoms with Gasteiger partial charge in [-0.05, 0) is 31.5 Å². The van der Waals surface area contributed by atoms with Gasteiger partial charge < -0.3 is 19.2 Å². The van der Waals surface area contributed by atoms with Gasteiger partial charge in [0.1, 0.15) is 0 Å². The van der Waals surface area contributed by atoms with Crippen LogP contribution in [-0.2, 0) is 16.1 Å². The third-order valence-electron chi connectivity index (χ3n) is 5.43. The number of carbonyl (C=O) groups is 1. The standard InChI is InChI=1S/C24H24N4O6/c1-14(22-26-17-8-5-4-7-15(17)23(30)27-22)34-21(29)9-6-10-28-13-25-18-12-20(33-3)19(32-2)11-16(18)24(28)31/h4-5,7-8,11-14H,6,9-10H2,1-3H3,(H,26,27,30). The summed E-state index contributed by atoms with van der Waals surface area (Å²) in [6.45, 7) is 1.93. The molecule has 1 unspecified atom stereocenters. The summed E-state index contributed by atoms with van der Waals surface area (Å²) in [7, 11) is 3.01. The van der Waals surface area contributed by atoms with Gasteiger partial charge in [0, 0.05) is 19.0 Å². The van der Waals surface area contributed by atoms with Crippen LogP contribution in [0.1, 0.15) is 31.7 Å². The van der Waals surface area contributed by atoms with Crippen LogP contribution in [-0.4, -0.2) is 39.7 Å². The summed E-state index contributed by atoms with van der Waals surface area (Å²) in [5.41, 5.74) is 0.483. The fourth-order valence-electron chi connectivity index (χ4n) is 3.65. The Morgan fingerprint density at radius 1 is 1.06 bits per heavy atom. The Bertz CT molecular complexity index is 1480. The van der Waals surface area contributed by atoms with E-state index < -0.39 is 12.1 Å². The van der Waals surface area contributed by atoms with Gasteiger partial charge in [-0.1, -0.05) is 12.1 Å². The fraction of sp³-hybridized carbons (Fsp3) is 0.292. The minimum atomic E-state index is -0.725. The van der Waals surface area contributed by atoms with E-state index in [-0.39, 0.29) is 29.9 Å². The number of fused-ring (bicyclic) bond motifs is 2. The van der Waals surface area contributed by atoms with Crippen molar-refractivity contribution in [2.24, 2.45) is 0 Å². The third kappa shape index (κ3) is 4.61. The number of rotatable bonds is 8. The Hall–Kier alpha value is -4.21. The number of hydrogen-bond acceptors (Lipinski definition) is 8. The molecule has 10 heteroatoms. The van der Waals surface area contributed by atoms with Crippen molar-refractivity contribution in [3.8, 4) is 11.5 Å². The molecule has 2 aromatic carbocycles. The molecule has 0 saturated carbocycles. The van der Waals surface area contributed by atoms with E-state index in [1.807, 2.05) is 0 Å². The van der Waals surface area contributed by atoms with Crippen molar-refractivity contribution in [3.63, 3.8) is 0 Å². The second-order valence-electron chi connectivity index (χ2n) is 7.67. The molecule has 176 valence electrons. The van der Waals surface area contributed by atoms with E-state index in [2.05, 4.69) is 15.0 Å². The van der Waals surface area contributed by atoms with Gasteiger partial charge in [0.15, 0.2) is 23.4 Å². The number of carbonyl (C=O) groups excluding carboxylic acids is 1. The van der Waals surface area contributed by atoms with E-state index in [0.717, 1.165) is 0 Å². The minimum absolute atomic E-state index is 0.0819. The summed E-state index contributed by atoms with van der Waals surface area (Å²) in [6.07, 6.45) is 1.16. The smallest absolute Gasteiger partial charge is 0.306 e. The summed E-state index contributed by atoms with van der Waals surface area (Å²) < 4.78 is 17.4. The molecule has 0 amide bonds. The molecule has 4 rings (SSSR count). The number of aromatic nitrogens is 4. The predicted molar refractivity (Wildman–Crippen MR) is 125 cm³/mol. The first-order valence-electron chi connectivity index (χ1n) is 10.7. The highest BCUT2D eigenvalue weighted by Gasteiger charge is 2.16. The molecule has 0 saturated heterocycles. The molecule has 0 fully saturated rings. The molecule has 0 aliphatic carbocycles. The summed E-state index contributed by atoms with van der Waals surface area (Å²) >= 11 is 0. The summed E-state index contributed by atoms with van der Waals surface area (Å²) in [4.78, 5) is 48.8. The molecule has 0 spiro atoms. The zero-order valence-corrected chi connectivity index (χ0v) is 19.0. The molecule has 0 bridgehead atoms. The topological polar surface area (TPSA) is 125 Å². The molecule has 10 nitrogen and oxygen atoms in total. The molecule has 2 aromatic heterocycles. The van der Waals surface area contributed by atoms with Crippen molar-refractivity contribution < 1.29 is 19.0 Å². The van der Waals surface area contributed by atoms with Crippen LogP contribution in [0.2, 0.25) is 0 Å². The first-order chi connectivity index (χ1) is 16.4. The number of methoxy groups -OCH3 is 2. The van der Waals surface area contributed by atoms with Crippen molar-refractivity contribution >= 4 is 27.8 Å². The highest BCUT2D eigenvalue weighted by molar-refractivity contribution is 5.81. The maximum absolute atomic E-state index is 12.8. The number of ether oxygens (including phenoxy) is 3. The number of H-pyrrole nitrogens is 1. The van der Waals surface area contributed by atoms with Gasteiger partial charge in [0.05, 0.1) is 42.4 Å². The van der Waals surface area contributed by atoms with Gasteiger partial charge in [-0.15, -0.1) is 0 Å². The number of nitrogens with one attached hydrogen (secondary N) is 1. The maximum Gasteiger partial charge on any atom is 0.306 e. The van der Waals surface area contributed by atoms with Gasteiger partial charge in [-0.25, -0.2) is 9.97 Å². The van der Waals surface area contributed by atoms with Crippen molar-refractivity contribution in [2.75, 3.05) is 14.2 Å². The van der Waals surface area contributed by atoms with Gasteiger partial charge in [0.25, 0.3) is 11.1 Å². The van der Waals surface area contributed by atoms with Gasteiger partial charge in [-0.3, -0.25) is 19.0 Å². The first kappa shape index (κ1) is 23.0. The quantitative estimate of drug-likeness (QED) is 0.395. The largest absolute Gasteiger partial charge is 0.493 e. The van der Waals surface area contributed by atoms with Crippen LogP contribution < -0.4 is 20.6 Å². The second-order valence-corrected chi connectivity index (χ2v) is 7.67.